The van der Waals surface area contributed by atoms with E-state index in [1.165, 1.54) is 37.7 Å². The number of benzene rings is 2. The highest BCUT2D eigenvalue weighted by Gasteiger charge is 2.31. The molecule has 1 unspecified atom stereocenters. The SMILES string of the molecule is CCCCC(C(=O)NC1CCN(Cc2ccc(Oc3ccc(OS(C)(=O)=O)cc3)cc2)CC1)C1CCCCC1.Cl. The van der Waals surface area contributed by atoms with Crippen LogP contribution in [0.5, 0.6) is 17.2 Å². The lowest BCUT2D eigenvalue weighted by Gasteiger charge is -2.35. The molecule has 7 nitrogen and oxygen atoms in total. The Bertz CT molecular complexity index is 1140. The number of ether oxygens (including phenoxy) is 1. The molecule has 4 rings (SSSR count). The zero-order valence-corrected chi connectivity index (χ0v) is 25.5. The summed E-state index contributed by atoms with van der Waals surface area (Å²) in [5.41, 5.74) is 1.22. The van der Waals surface area contributed by atoms with Gasteiger partial charge in [-0.15, -0.1) is 12.4 Å². The maximum atomic E-state index is 13.3. The quantitative estimate of drug-likeness (QED) is 0.276. The van der Waals surface area contributed by atoms with Crippen molar-refractivity contribution in [3.05, 3.63) is 54.1 Å². The van der Waals surface area contributed by atoms with E-state index in [1.807, 2.05) is 12.1 Å². The lowest BCUT2D eigenvalue weighted by Crippen LogP contribution is -2.47. The molecule has 1 saturated carbocycles. The van der Waals surface area contributed by atoms with Crippen LogP contribution in [0, 0.1) is 11.8 Å². The summed E-state index contributed by atoms with van der Waals surface area (Å²) in [5, 5.41) is 3.43. The molecule has 1 aliphatic heterocycles. The van der Waals surface area contributed by atoms with Crippen molar-refractivity contribution in [2.75, 3.05) is 19.3 Å². The van der Waals surface area contributed by atoms with Gasteiger partial charge in [0.1, 0.15) is 17.2 Å². The maximum absolute atomic E-state index is 13.3. The van der Waals surface area contributed by atoms with Gasteiger partial charge in [0.15, 0.2) is 0 Å². The summed E-state index contributed by atoms with van der Waals surface area (Å²) in [7, 11) is -3.55. The number of hydrogen-bond acceptors (Lipinski definition) is 6. The normalized spacial score (nSPS) is 17.9. The molecule has 1 N–H and O–H groups in total. The highest BCUT2D eigenvalue weighted by molar-refractivity contribution is 7.86. The van der Waals surface area contributed by atoms with Crippen LogP contribution in [0.1, 0.15) is 76.7 Å². The minimum atomic E-state index is -3.55. The van der Waals surface area contributed by atoms with Crippen LogP contribution in [-0.2, 0) is 21.5 Å². The highest BCUT2D eigenvalue weighted by Crippen LogP contribution is 2.33. The van der Waals surface area contributed by atoms with E-state index in [2.05, 4.69) is 29.3 Å². The van der Waals surface area contributed by atoms with E-state index in [4.69, 9.17) is 8.92 Å². The molecule has 40 heavy (non-hydrogen) atoms. The smallest absolute Gasteiger partial charge is 0.306 e. The first kappa shape index (κ1) is 32.2. The highest BCUT2D eigenvalue weighted by atomic mass is 35.5. The molecule has 2 aromatic rings. The number of amides is 1. The summed E-state index contributed by atoms with van der Waals surface area (Å²) in [6.07, 6.45) is 12.7. The van der Waals surface area contributed by atoms with Crippen molar-refractivity contribution in [2.45, 2.75) is 83.7 Å². The maximum Gasteiger partial charge on any atom is 0.306 e. The van der Waals surface area contributed by atoms with Gasteiger partial charge in [-0.1, -0.05) is 51.2 Å². The van der Waals surface area contributed by atoms with Gasteiger partial charge in [-0.25, -0.2) is 0 Å². The number of likely N-dealkylation sites (tertiary alicyclic amines) is 1. The Kier molecular flexibility index (Phi) is 12.6. The van der Waals surface area contributed by atoms with Gasteiger partial charge in [0.05, 0.1) is 6.26 Å². The van der Waals surface area contributed by atoms with Gasteiger partial charge in [0, 0.05) is 31.6 Å². The third kappa shape index (κ3) is 10.3. The number of piperidine rings is 1. The van der Waals surface area contributed by atoms with Crippen LogP contribution in [0.15, 0.2) is 48.5 Å². The molecule has 0 aromatic heterocycles. The topological polar surface area (TPSA) is 84.9 Å². The van der Waals surface area contributed by atoms with Crippen molar-refractivity contribution in [2.24, 2.45) is 11.8 Å². The fourth-order valence-electron chi connectivity index (χ4n) is 5.88. The molecule has 0 bridgehead atoms. The van der Waals surface area contributed by atoms with Crippen molar-refractivity contribution >= 4 is 28.4 Å². The van der Waals surface area contributed by atoms with Crippen molar-refractivity contribution in [3.63, 3.8) is 0 Å². The van der Waals surface area contributed by atoms with Crippen LogP contribution >= 0.6 is 12.4 Å². The summed E-state index contributed by atoms with van der Waals surface area (Å²) in [6.45, 7) is 5.05. The molecule has 1 heterocycles. The summed E-state index contributed by atoms with van der Waals surface area (Å²) in [4.78, 5) is 15.7. The Morgan fingerprint density at radius 2 is 1.50 bits per heavy atom. The zero-order valence-electron chi connectivity index (χ0n) is 23.8. The second-order valence-corrected chi connectivity index (χ2v) is 12.8. The number of rotatable bonds is 12. The monoisotopic (exact) mass is 592 g/mol. The lowest BCUT2D eigenvalue weighted by atomic mass is 9.77. The molecule has 2 aromatic carbocycles. The number of hydrogen-bond donors (Lipinski definition) is 1. The Hall–Kier alpha value is -2.29. The molecular weight excluding hydrogens is 548 g/mol. The fraction of sp³-hybridized carbons (Fsp3) is 0.581. The van der Waals surface area contributed by atoms with Crippen molar-refractivity contribution in [3.8, 4) is 17.2 Å². The molecule has 1 saturated heterocycles. The predicted octanol–water partition coefficient (Wildman–Crippen LogP) is 6.71. The van der Waals surface area contributed by atoms with Gasteiger partial charge in [-0.05, 0) is 80.0 Å². The van der Waals surface area contributed by atoms with Crippen molar-refractivity contribution in [1.82, 2.24) is 10.2 Å². The summed E-state index contributed by atoms with van der Waals surface area (Å²) < 4.78 is 33.2. The van der Waals surface area contributed by atoms with Gasteiger partial charge >= 0.3 is 10.1 Å². The molecule has 1 atom stereocenters. The molecule has 9 heteroatoms. The lowest BCUT2D eigenvalue weighted by molar-refractivity contribution is -0.128. The first-order valence-corrected chi connectivity index (χ1v) is 16.4. The molecule has 2 aliphatic rings. The molecular formula is C31H45ClN2O5S. The standard InChI is InChI=1S/C31H44N2O5S.ClH/c1-3-4-10-30(25-8-6-5-7-9-25)31(34)32-26-19-21-33(22-20-26)23-24-11-13-27(14-12-24)37-28-15-17-29(18-16-28)38-39(2,35)36;/h11-18,25-26,30H,3-10,19-23H2,1-2H3,(H,32,34);1H. The molecule has 2 fully saturated rings. The third-order valence-corrected chi connectivity index (χ3v) is 8.49. The fourth-order valence-corrected chi connectivity index (χ4v) is 6.34. The summed E-state index contributed by atoms with van der Waals surface area (Å²) in [6, 6.07) is 14.8. The molecule has 222 valence electrons. The van der Waals surface area contributed by atoms with Gasteiger partial charge in [0.2, 0.25) is 5.91 Å². The van der Waals surface area contributed by atoms with Crippen LogP contribution in [0.3, 0.4) is 0 Å². The summed E-state index contributed by atoms with van der Waals surface area (Å²) in [5.74, 6) is 2.65. The van der Waals surface area contributed by atoms with Crippen LogP contribution in [0.2, 0.25) is 0 Å². The van der Waals surface area contributed by atoms with E-state index in [-0.39, 0.29) is 30.1 Å². The Balaban J connectivity index is 0.00000441. The molecule has 1 aliphatic carbocycles. The molecule has 1 amide bonds. The average molecular weight is 593 g/mol. The third-order valence-electron chi connectivity index (χ3n) is 7.99. The van der Waals surface area contributed by atoms with E-state index < -0.39 is 10.1 Å². The van der Waals surface area contributed by atoms with Crippen LogP contribution in [0.25, 0.3) is 0 Å². The Morgan fingerprint density at radius 1 is 0.925 bits per heavy atom. The van der Waals surface area contributed by atoms with E-state index in [0.29, 0.717) is 23.3 Å². The molecule has 0 radical (unpaired) electrons. The van der Waals surface area contributed by atoms with Crippen LogP contribution in [0.4, 0.5) is 0 Å². The van der Waals surface area contributed by atoms with E-state index in [1.54, 1.807) is 24.3 Å². The largest absolute Gasteiger partial charge is 0.457 e. The second kappa shape index (κ2) is 15.6. The minimum absolute atomic E-state index is 0. The van der Waals surface area contributed by atoms with Crippen LogP contribution < -0.4 is 14.2 Å². The van der Waals surface area contributed by atoms with Crippen molar-refractivity contribution < 1.29 is 22.1 Å². The van der Waals surface area contributed by atoms with Gasteiger partial charge in [0.25, 0.3) is 0 Å². The van der Waals surface area contributed by atoms with Crippen LogP contribution in [-0.4, -0.2) is 44.6 Å². The van der Waals surface area contributed by atoms with Gasteiger partial charge < -0.3 is 14.2 Å². The number of nitrogens with zero attached hydrogens (tertiary/aromatic N) is 1. The Labute approximate surface area is 246 Å². The predicted molar refractivity (Wildman–Crippen MR) is 162 cm³/mol. The first-order valence-electron chi connectivity index (χ1n) is 14.6. The second-order valence-electron chi connectivity index (χ2n) is 11.2. The van der Waals surface area contributed by atoms with Gasteiger partial charge in [-0.3, -0.25) is 9.69 Å². The van der Waals surface area contributed by atoms with Gasteiger partial charge in [-0.2, -0.15) is 8.42 Å². The number of carbonyl (C=O) groups excluding carboxylic acids is 1. The number of halogens is 1. The minimum Gasteiger partial charge on any atom is -0.457 e. The average Bonchev–Trinajstić information content (AvgIpc) is 2.92. The van der Waals surface area contributed by atoms with Crippen molar-refractivity contribution in [1.29, 1.82) is 0 Å². The van der Waals surface area contributed by atoms with E-state index in [9.17, 15) is 13.2 Å². The summed E-state index contributed by atoms with van der Waals surface area (Å²) >= 11 is 0. The van der Waals surface area contributed by atoms with E-state index in [0.717, 1.165) is 58.0 Å². The zero-order chi connectivity index (χ0) is 27.7. The number of unbranched alkanes of at least 4 members (excludes halogenated alkanes) is 1. The number of carbonyl (C=O) groups is 1. The number of nitrogens with one attached hydrogen (secondary N) is 1. The first-order chi connectivity index (χ1) is 18.8. The molecule has 0 spiro atoms. The van der Waals surface area contributed by atoms with E-state index >= 15 is 0 Å². The Morgan fingerprint density at radius 3 is 2.08 bits per heavy atom.